The molecule has 0 atom stereocenters. The Morgan fingerprint density at radius 1 is 0.607 bits per heavy atom. The van der Waals surface area contributed by atoms with Gasteiger partial charge >= 0.3 is 0 Å². The molecule has 28 heavy (non-hydrogen) atoms. The van der Waals surface area contributed by atoms with Crippen LogP contribution < -0.4 is 0 Å². The number of aryl methyl sites for hydroxylation is 1. The molecule has 2 heterocycles. The van der Waals surface area contributed by atoms with Gasteiger partial charge in [0.2, 0.25) is 0 Å². The quantitative estimate of drug-likeness (QED) is 0.289. The molecule has 0 saturated heterocycles. The van der Waals surface area contributed by atoms with Gasteiger partial charge < -0.3 is 4.57 Å². The Hall–Kier alpha value is -3.10. The molecule has 134 valence electrons. The summed E-state index contributed by atoms with van der Waals surface area (Å²) in [5.74, 6) is 0. The molecule has 0 aliphatic rings. The summed E-state index contributed by atoms with van der Waals surface area (Å²) in [5, 5.41) is 5.38. The first-order valence-corrected chi connectivity index (χ1v) is 10.6. The van der Waals surface area contributed by atoms with Gasteiger partial charge in [0.25, 0.3) is 0 Å². The average Bonchev–Trinajstić information content (AvgIpc) is 3.28. The summed E-state index contributed by atoms with van der Waals surface area (Å²) in [6, 6.07) is 31.2. The van der Waals surface area contributed by atoms with E-state index < -0.39 is 0 Å². The van der Waals surface area contributed by atoms with Crippen molar-refractivity contribution in [1.82, 2.24) is 4.57 Å². The van der Waals surface area contributed by atoms with Gasteiger partial charge in [-0.2, -0.15) is 0 Å². The first-order valence-electron chi connectivity index (χ1n) is 9.76. The van der Waals surface area contributed by atoms with Crippen LogP contribution in [-0.2, 0) is 6.54 Å². The van der Waals surface area contributed by atoms with Gasteiger partial charge in [-0.05, 0) is 54.4 Å². The standard InChI is InChI=1S/C26H19NS/c1-2-27-23-9-5-3-7-19(23)21-15-17(11-13-24(21)27)18-12-14-26-22(16-18)20-8-4-6-10-25(20)28-26/h3-16H,2H2,1H3. The topological polar surface area (TPSA) is 4.93 Å². The second-order valence-corrected chi connectivity index (χ2v) is 8.39. The third-order valence-electron chi connectivity index (χ3n) is 5.80. The van der Waals surface area contributed by atoms with Gasteiger partial charge in [0, 0.05) is 48.5 Å². The van der Waals surface area contributed by atoms with Crippen molar-refractivity contribution in [3.8, 4) is 11.1 Å². The number of aromatic nitrogens is 1. The molecule has 0 N–H and O–H groups in total. The third kappa shape index (κ3) is 2.18. The predicted octanol–water partition coefficient (Wildman–Crippen LogP) is 7.85. The Morgan fingerprint density at radius 3 is 2.11 bits per heavy atom. The normalized spacial score (nSPS) is 11.9. The van der Waals surface area contributed by atoms with E-state index in [-0.39, 0.29) is 0 Å². The maximum Gasteiger partial charge on any atom is 0.0491 e. The lowest BCUT2D eigenvalue weighted by Crippen LogP contribution is -1.92. The van der Waals surface area contributed by atoms with Crippen molar-refractivity contribution in [1.29, 1.82) is 0 Å². The fourth-order valence-electron chi connectivity index (χ4n) is 4.48. The van der Waals surface area contributed by atoms with Crippen LogP contribution in [0.1, 0.15) is 6.92 Å². The van der Waals surface area contributed by atoms with Gasteiger partial charge in [0.15, 0.2) is 0 Å². The van der Waals surface area contributed by atoms with Crippen LogP contribution in [0.2, 0.25) is 0 Å². The van der Waals surface area contributed by atoms with E-state index in [4.69, 9.17) is 0 Å². The van der Waals surface area contributed by atoms with Crippen LogP contribution in [0.15, 0.2) is 84.9 Å². The second-order valence-electron chi connectivity index (χ2n) is 7.30. The highest BCUT2D eigenvalue weighted by Gasteiger charge is 2.11. The van der Waals surface area contributed by atoms with Crippen molar-refractivity contribution in [3.05, 3.63) is 84.9 Å². The van der Waals surface area contributed by atoms with Gasteiger partial charge in [-0.15, -0.1) is 11.3 Å². The number of thiophene rings is 1. The highest BCUT2D eigenvalue weighted by Crippen LogP contribution is 2.37. The van der Waals surface area contributed by atoms with Crippen molar-refractivity contribution in [2.45, 2.75) is 13.5 Å². The van der Waals surface area contributed by atoms with Crippen LogP contribution in [0.25, 0.3) is 53.1 Å². The lowest BCUT2D eigenvalue weighted by Gasteiger charge is -2.05. The van der Waals surface area contributed by atoms with E-state index in [2.05, 4.69) is 96.4 Å². The largest absolute Gasteiger partial charge is 0.341 e. The number of benzene rings is 4. The van der Waals surface area contributed by atoms with Crippen molar-refractivity contribution in [2.24, 2.45) is 0 Å². The van der Waals surface area contributed by atoms with Gasteiger partial charge in [-0.25, -0.2) is 0 Å². The van der Waals surface area contributed by atoms with E-state index in [1.165, 1.54) is 53.1 Å². The van der Waals surface area contributed by atoms with Crippen molar-refractivity contribution >= 4 is 53.3 Å². The lowest BCUT2D eigenvalue weighted by molar-refractivity contribution is 0.827. The molecule has 0 spiro atoms. The van der Waals surface area contributed by atoms with E-state index in [9.17, 15) is 0 Å². The molecule has 0 amide bonds. The first-order chi connectivity index (χ1) is 13.8. The van der Waals surface area contributed by atoms with Crippen LogP contribution in [-0.4, -0.2) is 4.57 Å². The zero-order valence-corrected chi connectivity index (χ0v) is 16.5. The van der Waals surface area contributed by atoms with E-state index in [0.717, 1.165) is 6.54 Å². The first kappa shape index (κ1) is 15.9. The van der Waals surface area contributed by atoms with E-state index in [0.29, 0.717) is 0 Å². The molecule has 6 aromatic rings. The molecule has 2 heteroatoms. The molecule has 0 aliphatic carbocycles. The minimum absolute atomic E-state index is 0.982. The Morgan fingerprint density at radius 2 is 1.25 bits per heavy atom. The maximum atomic E-state index is 2.41. The Labute approximate surface area is 167 Å². The van der Waals surface area contributed by atoms with Crippen LogP contribution in [0, 0.1) is 0 Å². The Bertz CT molecular complexity index is 1500. The van der Waals surface area contributed by atoms with Crippen LogP contribution in [0.5, 0.6) is 0 Å². The summed E-state index contributed by atoms with van der Waals surface area (Å²) in [5.41, 5.74) is 5.20. The fourth-order valence-corrected chi connectivity index (χ4v) is 5.57. The van der Waals surface area contributed by atoms with E-state index >= 15 is 0 Å². The Kier molecular flexibility index (Phi) is 3.38. The summed E-state index contributed by atoms with van der Waals surface area (Å²) in [6.07, 6.45) is 0. The number of para-hydroxylation sites is 1. The van der Waals surface area contributed by atoms with E-state index in [1.54, 1.807) is 0 Å². The highest BCUT2D eigenvalue weighted by atomic mass is 32.1. The smallest absolute Gasteiger partial charge is 0.0491 e. The maximum absolute atomic E-state index is 2.41. The molecule has 6 rings (SSSR count). The molecule has 0 bridgehead atoms. The van der Waals surface area contributed by atoms with Gasteiger partial charge in [0.1, 0.15) is 0 Å². The van der Waals surface area contributed by atoms with Crippen molar-refractivity contribution in [3.63, 3.8) is 0 Å². The van der Waals surface area contributed by atoms with Gasteiger partial charge in [0.05, 0.1) is 0 Å². The van der Waals surface area contributed by atoms with Gasteiger partial charge in [-0.1, -0.05) is 48.5 Å². The molecule has 2 aromatic heterocycles. The Balaban J connectivity index is 1.62. The minimum Gasteiger partial charge on any atom is -0.341 e. The molecule has 0 radical (unpaired) electrons. The summed E-state index contributed by atoms with van der Waals surface area (Å²) in [4.78, 5) is 0. The molecule has 4 aromatic carbocycles. The summed E-state index contributed by atoms with van der Waals surface area (Å²) in [7, 11) is 0. The number of nitrogens with zero attached hydrogens (tertiary/aromatic N) is 1. The van der Waals surface area contributed by atoms with Crippen molar-refractivity contribution < 1.29 is 0 Å². The lowest BCUT2D eigenvalue weighted by atomic mass is 10.0. The predicted molar refractivity (Wildman–Crippen MR) is 123 cm³/mol. The molecular weight excluding hydrogens is 358 g/mol. The molecule has 0 saturated carbocycles. The van der Waals surface area contributed by atoms with Crippen molar-refractivity contribution in [2.75, 3.05) is 0 Å². The number of hydrogen-bond donors (Lipinski definition) is 0. The van der Waals surface area contributed by atoms with Crippen LogP contribution in [0.3, 0.4) is 0 Å². The minimum atomic E-state index is 0.982. The summed E-state index contributed by atoms with van der Waals surface area (Å²) >= 11 is 1.87. The molecule has 0 unspecified atom stereocenters. The average molecular weight is 378 g/mol. The van der Waals surface area contributed by atoms with Crippen LogP contribution in [0.4, 0.5) is 0 Å². The highest BCUT2D eigenvalue weighted by molar-refractivity contribution is 7.25. The summed E-state index contributed by atoms with van der Waals surface area (Å²) in [6.45, 7) is 3.20. The number of rotatable bonds is 2. The van der Waals surface area contributed by atoms with E-state index in [1.807, 2.05) is 11.3 Å². The molecule has 0 fully saturated rings. The number of hydrogen-bond acceptors (Lipinski definition) is 1. The third-order valence-corrected chi connectivity index (χ3v) is 6.95. The fraction of sp³-hybridized carbons (Fsp3) is 0.0769. The van der Waals surface area contributed by atoms with Gasteiger partial charge in [-0.3, -0.25) is 0 Å². The molecular formula is C26H19NS. The zero-order valence-electron chi connectivity index (χ0n) is 15.6. The molecule has 0 aliphatic heterocycles. The SMILES string of the molecule is CCn1c2ccccc2c2cc(-c3ccc4sc5ccccc5c4c3)ccc21. The second kappa shape index (κ2) is 5.95. The molecule has 1 nitrogen and oxygen atoms in total. The van der Waals surface area contributed by atoms with Crippen LogP contribution >= 0.6 is 11.3 Å². The zero-order chi connectivity index (χ0) is 18.7. The monoisotopic (exact) mass is 377 g/mol. The number of fused-ring (bicyclic) bond motifs is 6. The summed E-state index contributed by atoms with van der Waals surface area (Å²) < 4.78 is 5.12.